The van der Waals surface area contributed by atoms with Crippen molar-refractivity contribution in [2.24, 2.45) is 5.41 Å². The van der Waals surface area contributed by atoms with Crippen LogP contribution in [0, 0.1) is 15.5 Å². The summed E-state index contributed by atoms with van der Waals surface area (Å²) < 4.78 is 40.9. The highest BCUT2D eigenvalue weighted by Crippen LogP contribution is 2.45. The molecule has 1 unspecified atom stereocenters. The molecule has 2 aromatic rings. The Kier molecular flexibility index (Phi) is 4.57. The predicted octanol–water partition coefficient (Wildman–Crippen LogP) is 2.26. The molecule has 12 heteroatoms. The van der Waals surface area contributed by atoms with E-state index < -0.39 is 41.4 Å². The number of nitro groups is 1. The fourth-order valence-corrected chi connectivity index (χ4v) is 2.98. The summed E-state index contributed by atoms with van der Waals surface area (Å²) in [6.45, 7) is -1.36. The lowest BCUT2D eigenvalue weighted by Gasteiger charge is -2.27. The molecule has 1 aliphatic rings. The van der Waals surface area contributed by atoms with Crippen LogP contribution in [0.3, 0.4) is 0 Å². The molecule has 1 amide bonds. The molecule has 2 heterocycles. The molecule has 1 fully saturated rings. The molecule has 1 N–H and O–H groups in total. The summed E-state index contributed by atoms with van der Waals surface area (Å²) in [6, 6.07) is 6.55. The van der Waals surface area contributed by atoms with Gasteiger partial charge in [0.05, 0.1) is 10.6 Å². The van der Waals surface area contributed by atoms with Gasteiger partial charge in [0.15, 0.2) is 11.1 Å². The molecule has 1 aliphatic heterocycles. The molecule has 1 aromatic carbocycles. The van der Waals surface area contributed by atoms with Crippen molar-refractivity contribution in [2.75, 3.05) is 13.1 Å². The number of aromatic nitrogens is 2. The molecular weight excluding hydrogens is 385 g/mol. The van der Waals surface area contributed by atoms with E-state index in [0.717, 1.165) is 4.90 Å². The highest BCUT2D eigenvalue weighted by Gasteiger charge is 2.64. The topological polar surface area (TPSA) is 119 Å². The molecule has 3 rings (SSSR count). The van der Waals surface area contributed by atoms with Gasteiger partial charge < -0.3 is 10.0 Å². The molecular formula is C16H13F3N4O5. The number of nitro benzene ring substituents is 1. The molecule has 0 spiro atoms. The van der Waals surface area contributed by atoms with Crippen LogP contribution in [0.2, 0.25) is 0 Å². The van der Waals surface area contributed by atoms with Gasteiger partial charge in [-0.25, -0.2) is 4.68 Å². The Hall–Kier alpha value is -3.44. The Morgan fingerprint density at radius 2 is 1.86 bits per heavy atom. The van der Waals surface area contributed by atoms with Gasteiger partial charge in [-0.05, 0) is 24.6 Å². The van der Waals surface area contributed by atoms with E-state index in [9.17, 15) is 32.9 Å². The van der Waals surface area contributed by atoms with Crippen LogP contribution in [-0.2, 0) is 4.79 Å². The van der Waals surface area contributed by atoms with E-state index in [4.69, 9.17) is 5.11 Å². The largest absolute Gasteiger partial charge is 0.481 e. The number of likely N-dealkylation sites (tertiary alicyclic amines) is 1. The number of alkyl halides is 3. The van der Waals surface area contributed by atoms with Crippen LogP contribution in [0.25, 0.3) is 5.69 Å². The first-order chi connectivity index (χ1) is 13.0. The minimum Gasteiger partial charge on any atom is -0.481 e. The monoisotopic (exact) mass is 398 g/mol. The zero-order valence-electron chi connectivity index (χ0n) is 14.1. The van der Waals surface area contributed by atoms with Crippen LogP contribution < -0.4 is 0 Å². The number of hydrogen-bond donors (Lipinski definition) is 1. The number of carbonyl (C=O) groups excluding carboxylic acids is 1. The van der Waals surface area contributed by atoms with Gasteiger partial charge in [0, 0.05) is 31.4 Å². The van der Waals surface area contributed by atoms with E-state index in [1.54, 1.807) is 0 Å². The molecule has 28 heavy (non-hydrogen) atoms. The van der Waals surface area contributed by atoms with Crippen molar-refractivity contribution < 1.29 is 32.8 Å². The zero-order chi connectivity index (χ0) is 20.7. The molecule has 148 valence electrons. The third-order valence-electron chi connectivity index (χ3n) is 4.64. The highest BCUT2D eigenvalue weighted by molar-refractivity contribution is 5.93. The second-order valence-corrected chi connectivity index (χ2v) is 6.28. The van der Waals surface area contributed by atoms with E-state index in [-0.39, 0.29) is 17.9 Å². The fraction of sp³-hybridized carbons (Fsp3) is 0.312. The van der Waals surface area contributed by atoms with Crippen LogP contribution in [0.15, 0.2) is 36.5 Å². The summed E-state index contributed by atoms with van der Waals surface area (Å²) in [7, 11) is 0. The maximum absolute atomic E-state index is 13.2. The van der Waals surface area contributed by atoms with Crippen molar-refractivity contribution in [2.45, 2.75) is 12.6 Å². The Morgan fingerprint density at radius 1 is 1.21 bits per heavy atom. The van der Waals surface area contributed by atoms with Crippen molar-refractivity contribution in [3.8, 4) is 5.69 Å². The first-order valence-electron chi connectivity index (χ1n) is 7.95. The molecule has 0 aliphatic carbocycles. The van der Waals surface area contributed by atoms with Crippen LogP contribution in [-0.4, -0.2) is 55.9 Å². The van der Waals surface area contributed by atoms with Gasteiger partial charge in [-0.15, -0.1) is 0 Å². The molecule has 0 radical (unpaired) electrons. The second-order valence-electron chi connectivity index (χ2n) is 6.28. The van der Waals surface area contributed by atoms with Crippen molar-refractivity contribution in [3.63, 3.8) is 0 Å². The standard InChI is InChI=1S/C16H13F3N4O5/c17-16(18,19)15(14(25)26)6-8-21(9-15)13(24)12-5-7-22(20-12)10-1-3-11(4-2-10)23(27)28/h1-5,7H,6,8-9H2,(H,25,26). The molecule has 1 saturated heterocycles. The number of carboxylic acid groups (broad SMARTS) is 1. The fourth-order valence-electron chi connectivity index (χ4n) is 2.98. The minimum atomic E-state index is -4.99. The molecule has 0 bridgehead atoms. The summed E-state index contributed by atoms with van der Waals surface area (Å²) in [5.74, 6) is -2.85. The number of nitrogens with zero attached hydrogens (tertiary/aromatic N) is 4. The van der Waals surface area contributed by atoms with Crippen molar-refractivity contribution in [1.29, 1.82) is 0 Å². The Balaban J connectivity index is 1.80. The lowest BCUT2D eigenvalue weighted by Crippen LogP contribution is -2.47. The number of halogens is 3. The highest BCUT2D eigenvalue weighted by atomic mass is 19.4. The first kappa shape index (κ1) is 19.3. The van der Waals surface area contributed by atoms with Gasteiger partial charge in [0.1, 0.15) is 0 Å². The van der Waals surface area contributed by atoms with Gasteiger partial charge >= 0.3 is 12.1 Å². The number of non-ortho nitro benzene ring substituents is 1. The third kappa shape index (κ3) is 3.17. The third-order valence-corrected chi connectivity index (χ3v) is 4.64. The average Bonchev–Trinajstić information content (AvgIpc) is 3.29. The van der Waals surface area contributed by atoms with Crippen molar-refractivity contribution in [1.82, 2.24) is 14.7 Å². The van der Waals surface area contributed by atoms with Gasteiger partial charge in [-0.1, -0.05) is 0 Å². The normalized spacial score (nSPS) is 19.6. The SMILES string of the molecule is O=C(c1ccn(-c2ccc([N+](=O)[O-])cc2)n1)N1CCC(C(=O)O)(C(F)(F)F)C1. The van der Waals surface area contributed by atoms with E-state index in [0.29, 0.717) is 5.69 Å². The van der Waals surface area contributed by atoms with Crippen molar-refractivity contribution >= 4 is 17.6 Å². The van der Waals surface area contributed by atoms with Crippen LogP contribution in [0.4, 0.5) is 18.9 Å². The minimum absolute atomic E-state index is 0.138. The van der Waals surface area contributed by atoms with Gasteiger partial charge in [-0.3, -0.25) is 19.7 Å². The zero-order valence-corrected chi connectivity index (χ0v) is 14.1. The Morgan fingerprint density at radius 3 is 2.36 bits per heavy atom. The average molecular weight is 398 g/mol. The quantitative estimate of drug-likeness (QED) is 0.623. The lowest BCUT2D eigenvalue weighted by atomic mass is 9.86. The molecule has 0 saturated carbocycles. The number of rotatable bonds is 4. The number of hydrogen-bond acceptors (Lipinski definition) is 5. The van der Waals surface area contributed by atoms with E-state index in [1.807, 2.05) is 0 Å². The number of aliphatic carboxylic acids is 1. The van der Waals surface area contributed by atoms with Crippen LogP contribution in [0.5, 0.6) is 0 Å². The Labute approximate surface area is 155 Å². The van der Waals surface area contributed by atoms with E-state index in [1.165, 1.54) is 41.2 Å². The maximum atomic E-state index is 13.2. The smallest absolute Gasteiger partial charge is 0.406 e. The number of carbonyl (C=O) groups is 2. The van der Waals surface area contributed by atoms with Gasteiger partial charge in [0.2, 0.25) is 0 Å². The number of benzene rings is 1. The van der Waals surface area contributed by atoms with E-state index in [2.05, 4.69) is 5.10 Å². The van der Waals surface area contributed by atoms with Crippen LogP contribution in [0.1, 0.15) is 16.9 Å². The first-order valence-corrected chi connectivity index (χ1v) is 7.95. The predicted molar refractivity (Wildman–Crippen MR) is 86.9 cm³/mol. The maximum Gasteiger partial charge on any atom is 0.406 e. The number of amides is 1. The summed E-state index contributed by atoms with van der Waals surface area (Å²) in [5.41, 5.74) is -2.90. The molecule has 9 nitrogen and oxygen atoms in total. The summed E-state index contributed by atoms with van der Waals surface area (Å²) in [4.78, 5) is 34.6. The van der Waals surface area contributed by atoms with Gasteiger partial charge in [0.25, 0.3) is 11.6 Å². The summed E-state index contributed by atoms with van der Waals surface area (Å²) in [5, 5.41) is 23.7. The molecule has 1 atom stereocenters. The lowest BCUT2D eigenvalue weighted by molar-refractivity contribution is -0.384. The van der Waals surface area contributed by atoms with E-state index >= 15 is 0 Å². The van der Waals surface area contributed by atoms with Crippen molar-refractivity contribution in [3.05, 3.63) is 52.3 Å². The van der Waals surface area contributed by atoms with Gasteiger partial charge in [-0.2, -0.15) is 18.3 Å². The number of carboxylic acids is 1. The summed E-state index contributed by atoms with van der Waals surface area (Å²) >= 11 is 0. The molecule has 1 aromatic heterocycles. The van der Waals surface area contributed by atoms with Crippen LogP contribution >= 0.6 is 0 Å². The summed E-state index contributed by atoms with van der Waals surface area (Å²) in [6.07, 6.45) is -4.36. The second kappa shape index (κ2) is 6.62. The Bertz CT molecular complexity index is 941.